The Balaban J connectivity index is 1.49. The highest BCUT2D eigenvalue weighted by Crippen LogP contribution is 2.20. The van der Waals surface area contributed by atoms with Gasteiger partial charge in [-0.15, -0.1) is 0 Å². The minimum Gasteiger partial charge on any atom is -0.445 e. The van der Waals surface area contributed by atoms with E-state index in [2.05, 4.69) is 10.7 Å². The summed E-state index contributed by atoms with van der Waals surface area (Å²) in [5.74, 6) is 0. The van der Waals surface area contributed by atoms with Gasteiger partial charge in [0.25, 0.3) is 0 Å². The van der Waals surface area contributed by atoms with Crippen LogP contribution >= 0.6 is 0 Å². The van der Waals surface area contributed by atoms with Gasteiger partial charge in [-0.1, -0.05) is 115 Å². The second kappa shape index (κ2) is 15.7. The number of hydrogen-bond donors (Lipinski definition) is 3. The van der Waals surface area contributed by atoms with E-state index in [1.165, 1.54) is 0 Å². The molecule has 0 saturated heterocycles. The number of aliphatic hydroxyl groups is 1. The number of hydrogen-bond acceptors (Lipinski definition) is 6. The van der Waals surface area contributed by atoms with Gasteiger partial charge >= 0.3 is 12.2 Å². The van der Waals surface area contributed by atoms with Crippen molar-refractivity contribution in [3.63, 3.8) is 0 Å². The molecule has 0 bridgehead atoms. The first-order chi connectivity index (χ1) is 21.1. The number of carbonyl (C=O) groups excluding carboxylic acids is 2. The fourth-order valence-corrected chi connectivity index (χ4v) is 4.65. The molecular weight excluding hydrogens is 554 g/mol. The zero-order chi connectivity index (χ0) is 31.4. The molecule has 0 aliphatic carbocycles. The fraction of sp³-hybridized carbons (Fsp3) is 0.278. The number of rotatable bonds is 12. The Kier molecular flexibility index (Phi) is 11.5. The largest absolute Gasteiger partial charge is 0.445 e. The molecule has 0 radical (unpaired) electrons. The van der Waals surface area contributed by atoms with E-state index in [1.807, 2.05) is 115 Å². The summed E-state index contributed by atoms with van der Waals surface area (Å²) in [4.78, 5) is 25.6. The molecule has 0 unspecified atom stereocenters. The highest BCUT2D eigenvalue weighted by Gasteiger charge is 2.27. The van der Waals surface area contributed by atoms with Crippen LogP contribution in [0.4, 0.5) is 9.59 Å². The molecule has 0 aliphatic heterocycles. The number of nitrogens with zero attached hydrogens (tertiary/aromatic N) is 1. The van der Waals surface area contributed by atoms with Gasteiger partial charge in [0.1, 0.15) is 12.2 Å². The molecule has 44 heavy (non-hydrogen) atoms. The van der Waals surface area contributed by atoms with Crippen molar-refractivity contribution in [3.05, 3.63) is 132 Å². The standard InChI is InChI=1S/C36H41N3O5/c1-36(2,3)44-35(42)38-39(24-28-19-21-31(22-20-28)30-17-11-6-12-18-30)25-33(40)32(23-27-13-7-4-8-14-27)37-34(41)43-26-29-15-9-5-10-16-29/h4-22,32-33,40H,23-26H2,1-3H3,(H,37,41)(H,38,42)/t32-,33-/m0/s1. The van der Waals surface area contributed by atoms with Crippen LogP contribution in [0, 0.1) is 0 Å². The number of benzene rings is 4. The Bertz CT molecular complexity index is 1440. The molecule has 2 atom stereocenters. The van der Waals surface area contributed by atoms with E-state index >= 15 is 0 Å². The van der Waals surface area contributed by atoms with Crippen molar-refractivity contribution < 1.29 is 24.2 Å². The van der Waals surface area contributed by atoms with Gasteiger partial charge in [0.05, 0.1) is 12.1 Å². The molecule has 0 saturated carbocycles. The summed E-state index contributed by atoms with van der Waals surface area (Å²) in [6.45, 7) is 5.77. The van der Waals surface area contributed by atoms with Crippen LogP contribution in [0.5, 0.6) is 0 Å². The quantitative estimate of drug-likeness (QED) is 0.162. The smallest absolute Gasteiger partial charge is 0.422 e. The minimum absolute atomic E-state index is 0.0101. The average Bonchev–Trinajstić information content (AvgIpc) is 3.00. The van der Waals surface area contributed by atoms with E-state index in [0.29, 0.717) is 13.0 Å². The predicted octanol–water partition coefficient (Wildman–Crippen LogP) is 6.49. The van der Waals surface area contributed by atoms with E-state index in [1.54, 1.807) is 25.8 Å². The van der Waals surface area contributed by atoms with Crippen LogP contribution < -0.4 is 10.7 Å². The van der Waals surface area contributed by atoms with Gasteiger partial charge < -0.3 is 19.9 Å². The molecule has 3 N–H and O–H groups in total. The van der Waals surface area contributed by atoms with Gasteiger partial charge in [-0.05, 0) is 55.0 Å². The Hall–Kier alpha value is -4.66. The number of carbonyl (C=O) groups is 2. The van der Waals surface area contributed by atoms with E-state index in [-0.39, 0.29) is 13.2 Å². The molecule has 2 amide bonds. The lowest BCUT2D eigenvalue weighted by atomic mass is 10.0. The van der Waals surface area contributed by atoms with Crippen molar-refractivity contribution in [2.24, 2.45) is 0 Å². The van der Waals surface area contributed by atoms with Crippen molar-refractivity contribution in [1.29, 1.82) is 0 Å². The average molecular weight is 596 g/mol. The number of aliphatic hydroxyl groups excluding tert-OH is 1. The zero-order valence-corrected chi connectivity index (χ0v) is 25.5. The summed E-state index contributed by atoms with van der Waals surface area (Å²) in [7, 11) is 0. The summed E-state index contributed by atoms with van der Waals surface area (Å²) in [5, 5.41) is 15.9. The molecule has 0 aliphatic rings. The van der Waals surface area contributed by atoms with Crippen LogP contribution in [-0.2, 0) is 29.0 Å². The molecule has 0 fully saturated rings. The molecule has 4 aromatic carbocycles. The van der Waals surface area contributed by atoms with Crippen LogP contribution in [-0.4, -0.2) is 46.6 Å². The lowest BCUT2D eigenvalue weighted by molar-refractivity contribution is 0.0141. The monoisotopic (exact) mass is 595 g/mol. The second-order valence-corrected chi connectivity index (χ2v) is 11.6. The topological polar surface area (TPSA) is 100 Å². The molecule has 0 aromatic heterocycles. The molecule has 0 heterocycles. The molecule has 8 nitrogen and oxygen atoms in total. The van der Waals surface area contributed by atoms with Crippen LogP contribution in [0.3, 0.4) is 0 Å². The SMILES string of the molecule is CC(C)(C)OC(=O)NN(Cc1ccc(-c2ccccc2)cc1)C[C@H](O)[C@H](Cc1ccccc1)NC(=O)OCc1ccccc1. The fourth-order valence-electron chi connectivity index (χ4n) is 4.65. The predicted molar refractivity (Wildman–Crippen MR) is 171 cm³/mol. The zero-order valence-electron chi connectivity index (χ0n) is 25.5. The normalized spacial score (nSPS) is 12.7. The molecule has 0 spiro atoms. The maximum absolute atomic E-state index is 12.8. The van der Waals surface area contributed by atoms with Crippen molar-refractivity contribution in [1.82, 2.24) is 15.8 Å². The van der Waals surface area contributed by atoms with E-state index in [0.717, 1.165) is 27.8 Å². The van der Waals surface area contributed by atoms with E-state index in [9.17, 15) is 14.7 Å². The third kappa shape index (κ3) is 10.9. The van der Waals surface area contributed by atoms with Gasteiger partial charge in [-0.2, -0.15) is 0 Å². The van der Waals surface area contributed by atoms with Crippen molar-refractivity contribution >= 4 is 12.2 Å². The highest BCUT2D eigenvalue weighted by atomic mass is 16.6. The van der Waals surface area contributed by atoms with Gasteiger partial charge in [-0.25, -0.2) is 14.6 Å². The van der Waals surface area contributed by atoms with Gasteiger partial charge in [0.2, 0.25) is 0 Å². The molecular formula is C36H41N3O5. The van der Waals surface area contributed by atoms with Crippen LogP contribution in [0.15, 0.2) is 115 Å². The molecule has 8 heteroatoms. The van der Waals surface area contributed by atoms with Crippen LogP contribution in [0.2, 0.25) is 0 Å². The molecule has 230 valence electrons. The summed E-state index contributed by atoms with van der Waals surface area (Å²) in [5.41, 5.74) is 6.97. The first-order valence-corrected chi connectivity index (χ1v) is 14.7. The lowest BCUT2D eigenvalue weighted by Crippen LogP contribution is -2.53. The van der Waals surface area contributed by atoms with Crippen LogP contribution in [0.1, 0.15) is 37.5 Å². The third-order valence-corrected chi connectivity index (χ3v) is 6.77. The minimum atomic E-state index is -1.07. The summed E-state index contributed by atoms with van der Waals surface area (Å²) in [6.07, 6.45) is -2.00. The van der Waals surface area contributed by atoms with Gasteiger partial charge in [0, 0.05) is 13.1 Å². The van der Waals surface area contributed by atoms with Crippen molar-refractivity contribution in [3.8, 4) is 11.1 Å². The number of alkyl carbamates (subject to hydrolysis) is 1. The summed E-state index contributed by atoms with van der Waals surface area (Å²) < 4.78 is 10.9. The highest BCUT2D eigenvalue weighted by molar-refractivity contribution is 5.68. The number of ether oxygens (including phenoxy) is 2. The number of nitrogens with one attached hydrogen (secondary N) is 2. The van der Waals surface area contributed by atoms with E-state index in [4.69, 9.17) is 9.47 Å². The first-order valence-electron chi connectivity index (χ1n) is 14.7. The Morgan fingerprint density at radius 3 is 1.86 bits per heavy atom. The number of amides is 2. The molecule has 4 aromatic rings. The van der Waals surface area contributed by atoms with Crippen LogP contribution in [0.25, 0.3) is 11.1 Å². The summed E-state index contributed by atoms with van der Waals surface area (Å²) >= 11 is 0. The molecule has 4 rings (SSSR count). The maximum Gasteiger partial charge on any atom is 0.422 e. The van der Waals surface area contributed by atoms with Crippen molar-refractivity contribution in [2.75, 3.05) is 6.54 Å². The van der Waals surface area contributed by atoms with E-state index < -0.39 is 29.9 Å². The van der Waals surface area contributed by atoms with Crippen molar-refractivity contribution in [2.45, 2.75) is 58.1 Å². The first kappa shape index (κ1) is 32.3. The second-order valence-electron chi connectivity index (χ2n) is 11.6. The Morgan fingerprint density at radius 2 is 1.27 bits per heavy atom. The Morgan fingerprint density at radius 1 is 0.727 bits per heavy atom. The summed E-state index contributed by atoms with van der Waals surface area (Å²) in [6, 6.07) is 36.3. The third-order valence-electron chi connectivity index (χ3n) is 6.77. The van der Waals surface area contributed by atoms with Gasteiger partial charge in [0.15, 0.2) is 0 Å². The number of hydrazine groups is 1. The maximum atomic E-state index is 12.8. The lowest BCUT2D eigenvalue weighted by Gasteiger charge is -2.31. The van der Waals surface area contributed by atoms with Gasteiger partial charge in [-0.3, -0.25) is 5.43 Å². The Labute approximate surface area is 259 Å².